The Bertz CT molecular complexity index is 1210. The minimum absolute atomic E-state index is 0.0413. The van der Waals surface area contributed by atoms with Crippen LogP contribution in [0.2, 0.25) is 5.02 Å². The van der Waals surface area contributed by atoms with E-state index in [1.165, 1.54) is 36.5 Å². The molecule has 0 aliphatic rings. The van der Waals surface area contributed by atoms with Crippen molar-refractivity contribution < 1.29 is 18.3 Å². The van der Waals surface area contributed by atoms with E-state index < -0.39 is 22.0 Å². The highest BCUT2D eigenvalue weighted by Crippen LogP contribution is 2.21. The van der Waals surface area contributed by atoms with Crippen LogP contribution < -0.4 is 10.1 Å². The lowest BCUT2D eigenvalue weighted by Gasteiger charge is -2.18. The van der Waals surface area contributed by atoms with Crippen molar-refractivity contribution in [3.8, 4) is 5.75 Å². The standard InChI is InChI=1S/C23H22ClN3O4S/c1-16-7-10-20(11-8-16)32(30,31)27-21(17-5-3-2-4-6-17)14-23(29)26-25-15-18-13-19(24)9-12-22(18)28/h2-13,15,21,27-28H,14H2,1H3,(H,26,29)/b25-15-/t21-/m1/s1. The number of carbonyl (C=O) groups excluding carboxylic acids is 1. The van der Waals surface area contributed by atoms with Crippen LogP contribution in [0.15, 0.2) is 82.8 Å². The van der Waals surface area contributed by atoms with Crippen molar-refractivity contribution >= 4 is 33.7 Å². The van der Waals surface area contributed by atoms with Gasteiger partial charge in [0.1, 0.15) is 5.75 Å². The number of hydrogen-bond acceptors (Lipinski definition) is 5. The van der Waals surface area contributed by atoms with Crippen LogP contribution in [0, 0.1) is 6.92 Å². The zero-order chi connectivity index (χ0) is 23.1. The maximum absolute atomic E-state index is 12.9. The number of phenolic OH excluding ortho intramolecular Hbond substituents is 1. The minimum Gasteiger partial charge on any atom is -0.507 e. The number of sulfonamides is 1. The zero-order valence-corrected chi connectivity index (χ0v) is 18.8. The summed E-state index contributed by atoms with van der Waals surface area (Å²) in [7, 11) is -3.86. The second-order valence-electron chi connectivity index (χ2n) is 7.10. The third kappa shape index (κ3) is 6.40. The molecule has 3 aromatic rings. The van der Waals surface area contributed by atoms with Crippen LogP contribution >= 0.6 is 11.6 Å². The second kappa shape index (κ2) is 10.4. The minimum atomic E-state index is -3.86. The smallest absolute Gasteiger partial charge is 0.242 e. The van der Waals surface area contributed by atoms with Crippen molar-refractivity contribution in [2.75, 3.05) is 0 Å². The molecular weight excluding hydrogens is 450 g/mol. The molecule has 7 nitrogen and oxygen atoms in total. The van der Waals surface area contributed by atoms with E-state index in [4.69, 9.17) is 11.6 Å². The summed E-state index contributed by atoms with van der Waals surface area (Å²) in [5.74, 6) is -0.552. The quantitative estimate of drug-likeness (QED) is 0.342. The molecule has 1 amide bonds. The first-order chi connectivity index (χ1) is 15.2. The highest BCUT2D eigenvalue weighted by atomic mass is 35.5. The summed E-state index contributed by atoms with van der Waals surface area (Å²) >= 11 is 5.89. The average Bonchev–Trinajstić information content (AvgIpc) is 2.76. The molecule has 3 rings (SSSR count). The Hall–Kier alpha value is -3.20. The van der Waals surface area contributed by atoms with Gasteiger partial charge in [-0.1, -0.05) is 59.6 Å². The molecule has 0 fully saturated rings. The van der Waals surface area contributed by atoms with Gasteiger partial charge in [-0.05, 0) is 42.8 Å². The Morgan fingerprint density at radius 2 is 1.78 bits per heavy atom. The summed E-state index contributed by atoms with van der Waals surface area (Å²) in [5, 5.41) is 14.0. The van der Waals surface area contributed by atoms with E-state index in [0.29, 0.717) is 16.1 Å². The molecule has 3 aromatic carbocycles. The second-order valence-corrected chi connectivity index (χ2v) is 9.25. The summed E-state index contributed by atoms with van der Waals surface area (Å²) in [6.45, 7) is 1.87. The number of carbonyl (C=O) groups is 1. The number of nitrogens with zero attached hydrogens (tertiary/aromatic N) is 1. The van der Waals surface area contributed by atoms with E-state index in [0.717, 1.165) is 5.56 Å². The van der Waals surface area contributed by atoms with Crippen LogP contribution in [-0.4, -0.2) is 25.6 Å². The normalized spacial score (nSPS) is 12.6. The molecule has 0 aliphatic heterocycles. The first-order valence-corrected chi connectivity index (χ1v) is 11.5. The van der Waals surface area contributed by atoms with Crippen LogP contribution in [0.25, 0.3) is 0 Å². The molecule has 0 bridgehead atoms. The van der Waals surface area contributed by atoms with Crippen LogP contribution in [0.5, 0.6) is 5.75 Å². The first kappa shape index (κ1) is 23.5. The van der Waals surface area contributed by atoms with Gasteiger partial charge in [-0.2, -0.15) is 5.10 Å². The Balaban J connectivity index is 1.75. The van der Waals surface area contributed by atoms with E-state index in [1.54, 1.807) is 42.5 Å². The number of nitrogens with one attached hydrogen (secondary N) is 2. The van der Waals surface area contributed by atoms with E-state index >= 15 is 0 Å². The maximum Gasteiger partial charge on any atom is 0.242 e. The predicted octanol–water partition coefficient (Wildman–Crippen LogP) is 3.91. The summed E-state index contributed by atoms with van der Waals surface area (Å²) in [6.07, 6.45) is 1.07. The van der Waals surface area contributed by atoms with Crippen molar-refractivity contribution in [2.45, 2.75) is 24.3 Å². The molecular formula is C23H22ClN3O4S. The van der Waals surface area contributed by atoms with Gasteiger partial charge in [0.25, 0.3) is 0 Å². The zero-order valence-electron chi connectivity index (χ0n) is 17.2. The van der Waals surface area contributed by atoms with Gasteiger partial charge in [0.05, 0.1) is 17.2 Å². The molecule has 32 heavy (non-hydrogen) atoms. The number of aromatic hydroxyl groups is 1. The Kier molecular flexibility index (Phi) is 7.63. The molecule has 166 valence electrons. The largest absolute Gasteiger partial charge is 0.507 e. The van der Waals surface area contributed by atoms with Crippen molar-refractivity contribution in [1.29, 1.82) is 0 Å². The number of halogens is 1. The van der Waals surface area contributed by atoms with Crippen molar-refractivity contribution in [1.82, 2.24) is 10.1 Å². The Morgan fingerprint density at radius 3 is 2.47 bits per heavy atom. The lowest BCUT2D eigenvalue weighted by atomic mass is 10.0. The van der Waals surface area contributed by atoms with E-state index in [-0.39, 0.29) is 17.1 Å². The summed E-state index contributed by atoms with van der Waals surface area (Å²) in [4.78, 5) is 12.6. The van der Waals surface area contributed by atoms with Crippen molar-refractivity contribution in [3.63, 3.8) is 0 Å². The highest BCUT2D eigenvalue weighted by Gasteiger charge is 2.23. The fourth-order valence-electron chi connectivity index (χ4n) is 2.92. The molecule has 0 heterocycles. The first-order valence-electron chi connectivity index (χ1n) is 9.69. The number of benzene rings is 3. The number of hydrazone groups is 1. The van der Waals surface area contributed by atoms with Gasteiger partial charge < -0.3 is 5.11 Å². The fourth-order valence-corrected chi connectivity index (χ4v) is 4.32. The number of rotatable bonds is 8. The average molecular weight is 472 g/mol. The van der Waals surface area contributed by atoms with Gasteiger partial charge in [-0.15, -0.1) is 0 Å². The van der Waals surface area contributed by atoms with Gasteiger partial charge in [0.15, 0.2) is 0 Å². The van der Waals surface area contributed by atoms with Gasteiger partial charge in [-0.25, -0.2) is 18.6 Å². The summed E-state index contributed by atoms with van der Waals surface area (Å²) in [6, 6.07) is 18.9. The third-order valence-corrected chi connectivity index (χ3v) is 6.33. The van der Waals surface area contributed by atoms with Crippen LogP contribution in [0.4, 0.5) is 0 Å². The molecule has 0 saturated heterocycles. The molecule has 0 aromatic heterocycles. The lowest BCUT2D eigenvalue weighted by Crippen LogP contribution is -2.32. The number of hydrogen-bond donors (Lipinski definition) is 3. The summed E-state index contributed by atoms with van der Waals surface area (Å²) < 4.78 is 28.3. The van der Waals surface area contributed by atoms with E-state index in [1.807, 2.05) is 6.92 Å². The molecule has 0 spiro atoms. The third-order valence-electron chi connectivity index (χ3n) is 4.60. The van der Waals surface area contributed by atoms with Crippen molar-refractivity contribution in [3.05, 3.63) is 94.5 Å². The molecule has 3 N–H and O–H groups in total. The molecule has 9 heteroatoms. The maximum atomic E-state index is 12.9. The fraction of sp³-hybridized carbons (Fsp3) is 0.130. The summed E-state index contributed by atoms with van der Waals surface area (Å²) in [5.41, 5.74) is 4.25. The van der Waals surface area contributed by atoms with Gasteiger partial charge in [0.2, 0.25) is 15.9 Å². The van der Waals surface area contributed by atoms with Gasteiger partial charge in [0, 0.05) is 17.0 Å². The highest BCUT2D eigenvalue weighted by molar-refractivity contribution is 7.89. The number of aryl methyl sites for hydroxylation is 1. The van der Waals surface area contributed by atoms with Crippen LogP contribution in [-0.2, 0) is 14.8 Å². The Morgan fingerprint density at radius 1 is 1.09 bits per heavy atom. The predicted molar refractivity (Wildman–Crippen MR) is 124 cm³/mol. The van der Waals surface area contributed by atoms with Gasteiger partial charge in [-0.3, -0.25) is 4.79 Å². The number of amides is 1. The molecule has 0 aliphatic carbocycles. The topological polar surface area (TPSA) is 108 Å². The number of phenols is 1. The van der Waals surface area contributed by atoms with Crippen LogP contribution in [0.3, 0.4) is 0 Å². The van der Waals surface area contributed by atoms with Gasteiger partial charge >= 0.3 is 0 Å². The SMILES string of the molecule is Cc1ccc(S(=O)(=O)N[C@H](CC(=O)N/N=C\c2cc(Cl)ccc2O)c2ccccc2)cc1. The molecule has 0 unspecified atom stereocenters. The molecule has 0 saturated carbocycles. The molecule has 0 radical (unpaired) electrons. The molecule has 1 atom stereocenters. The Labute approximate surface area is 191 Å². The van der Waals surface area contributed by atoms with E-state index in [2.05, 4.69) is 15.2 Å². The van der Waals surface area contributed by atoms with Crippen LogP contribution in [0.1, 0.15) is 29.2 Å². The lowest BCUT2D eigenvalue weighted by molar-refractivity contribution is -0.121. The monoisotopic (exact) mass is 471 g/mol. The van der Waals surface area contributed by atoms with E-state index in [9.17, 15) is 18.3 Å². The van der Waals surface area contributed by atoms with Crippen molar-refractivity contribution in [2.24, 2.45) is 5.10 Å².